The summed E-state index contributed by atoms with van der Waals surface area (Å²) in [7, 11) is 0. The van der Waals surface area contributed by atoms with Gasteiger partial charge in [-0.2, -0.15) is 0 Å². The number of hydrogen-bond donors (Lipinski definition) is 1. The lowest BCUT2D eigenvalue weighted by molar-refractivity contribution is -0.128. The highest BCUT2D eigenvalue weighted by Gasteiger charge is 2.54. The van der Waals surface area contributed by atoms with Crippen LogP contribution < -0.4 is 5.32 Å². The first kappa shape index (κ1) is 16.5. The summed E-state index contributed by atoms with van der Waals surface area (Å²) in [4.78, 5) is 28.5. The van der Waals surface area contributed by atoms with Crippen molar-refractivity contribution in [2.24, 2.45) is 0 Å². The van der Waals surface area contributed by atoms with Crippen LogP contribution in [0.3, 0.4) is 0 Å². The monoisotopic (exact) mass is 305 g/mol. The SMILES string of the molecule is C=CCC1(CC=C)C(=O)NC(=O)N1C(C=C)N1CCOCC1. The minimum absolute atomic E-state index is 0.308. The maximum Gasteiger partial charge on any atom is 0.326 e. The van der Waals surface area contributed by atoms with Crippen molar-refractivity contribution in [1.29, 1.82) is 0 Å². The second kappa shape index (κ2) is 6.89. The van der Waals surface area contributed by atoms with E-state index in [1.165, 1.54) is 0 Å². The minimum atomic E-state index is -0.988. The molecule has 0 bridgehead atoms. The highest BCUT2D eigenvalue weighted by Crippen LogP contribution is 2.33. The summed E-state index contributed by atoms with van der Waals surface area (Å²) in [6.45, 7) is 13.9. The molecule has 22 heavy (non-hydrogen) atoms. The summed E-state index contributed by atoms with van der Waals surface area (Å²) in [6, 6.07) is -0.398. The van der Waals surface area contributed by atoms with E-state index >= 15 is 0 Å². The number of morpholine rings is 1. The molecule has 0 aliphatic carbocycles. The molecule has 0 spiro atoms. The Hall–Kier alpha value is -1.92. The van der Waals surface area contributed by atoms with Crippen LogP contribution in [0.1, 0.15) is 12.8 Å². The Labute approximate surface area is 131 Å². The molecule has 1 atom stereocenters. The van der Waals surface area contributed by atoms with E-state index < -0.39 is 11.6 Å². The van der Waals surface area contributed by atoms with Gasteiger partial charge in [0.25, 0.3) is 5.91 Å². The van der Waals surface area contributed by atoms with Crippen LogP contribution in [0.2, 0.25) is 0 Å². The van der Waals surface area contributed by atoms with Gasteiger partial charge in [0.2, 0.25) is 0 Å². The van der Waals surface area contributed by atoms with Crippen LogP contribution in [0, 0.1) is 0 Å². The van der Waals surface area contributed by atoms with Gasteiger partial charge < -0.3 is 4.74 Å². The summed E-state index contributed by atoms with van der Waals surface area (Å²) in [5.74, 6) is -0.308. The van der Waals surface area contributed by atoms with Crippen molar-refractivity contribution in [2.45, 2.75) is 24.5 Å². The molecule has 0 aromatic carbocycles. The number of carbonyl (C=O) groups excluding carboxylic acids is 2. The molecule has 2 rings (SSSR count). The first-order valence-corrected chi connectivity index (χ1v) is 7.41. The third-order valence-electron chi connectivity index (χ3n) is 4.18. The number of rotatable bonds is 7. The number of carbonyl (C=O) groups is 2. The molecule has 2 aliphatic rings. The fourth-order valence-corrected chi connectivity index (χ4v) is 3.15. The van der Waals surface area contributed by atoms with Gasteiger partial charge in [0.15, 0.2) is 0 Å². The molecule has 0 aromatic heterocycles. The number of nitrogens with one attached hydrogen (secondary N) is 1. The van der Waals surface area contributed by atoms with Gasteiger partial charge in [-0.25, -0.2) is 4.79 Å². The van der Waals surface area contributed by atoms with Gasteiger partial charge in [-0.05, 0) is 12.8 Å². The van der Waals surface area contributed by atoms with Gasteiger partial charge in [0, 0.05) is 13.1 Å². The predicted octanol–water partition coefficient (Wildman–Crippen LogP) is 1.27. The average molecular weight is 305 g/mol. The van der Waals surface area contributed by atoms with Crippen LogP contribution in [-0.2, 0) is 9.53 Å². The topological polar surface area (TPSA) is 61.9 Å². The molecule has 2 saturated heterocycles. The van der Waals surface area contributed by atoms with E-state index in [0.29, 0.717) is 39.1 Å². The summed E-state index contributed by atoms with van der Waals surface area (Å²) in [5, 5.41) is 2.43. The van der Waals surface area contributed by atoms with E-state index in [1.807, 2.05) is 0 Å². The molecule has 2 fully saturated rings. The van der Waals surface area contributed by atoms with E-state index in [9.17, 15) is 9.59 Å². The van der Waals surface area contributed by atoms with E-state index in [-0.39, 0.29) is 12.1 Å². The molecule has 1 unspecified atom stereocenters. The zero-order chi connectivity index (χ0) is 16.2. The Morgan fingerprint density at radius 3 is 2.27 bits per heavy atom. The van der Waals surface area contributed by atoms with Gasteiger partial charge >= 0.3 is 6.03 Å². The lowest BCUT2D eigenvalue weighted by Crippen LogP contribution is -2.60. The van der Waals surface area contributed by atoms with Crippen molar-refractivity contribution < 1.29 is 14.3 Å². The zero-order valence-corrected chi connectivity index (χ0v) is 12.8. The standard InChI is InChI=1S/C16H23N3O3/c1-4-7-16(8-5-2)14(20)17-15(21)19(16)13(6-3)18-9-11-22-12-10-18/h4-6,13H,1-3,7-12H2,(H,17,20,21). The van der Waals surface area contributed by atoms with Gasteiger partial charge in [0.1, 0.15) is 11.7 Å². The molecule has 6 nitrogen and oxygen atoms in total. The summed E-state index contributed by atoms with van der Waals surface area (Å²) < 4.78 is 5.36. The van der Waals surface area contributed by atoms with Gasteiger partial charge in [-0.1, -0.05) is 24.8 Å². The number of urea groups is 1. The largest absolute Gasteiger partial charge is 0.379 e. The molecule has 0 aromatic rings. The quantitative estimate of drug-likeness (QED) is 0.568. The Morgan fingerprint density at radius 1 is 1.18 bits per heavy atom. The van der Waals surface area contributed by atoms with E-state index in [2.05, 4.69) is 30.0 Å². The Balaban J connectivity index is 2.39. The maximum atomic E-state index is 12.5. The fourth-order valence-electron chi connectivity index (χ4n) is 3.15. The molecule has 6 heteroatoms. The third-order valence-corrected chi connectivity index (χ3v) is 4.18. The normalized spacial score (nSPS) is 23.0. The summed E-state index contributed by atoms with van der Waals surface area (Å²) in [5.41, 5.74) is -0.988. The lowest BCUT2D eigenvalue weighted by atomic mass is 9.89. The van der Waals surface area contributed by atoms with Crippen molar-refractivity contribution >= 4 is 11.9 Å². The van der Waals surface area contributed by atoms with Gasteiger partial charge in [-0.3, -0.25) is 19.9 Å². The van der Waals surface area contributed by atoms with Crippen LogP contribution in [0.5, 0.6) is 0 Å². The van der Waals surface area contributed by atoms with Crippen molar-refractivity contribution in [1.82, 2.24) is 15.1 Å². The third kappa shape index (κ3) is 2.71. The van der Waals surface area contributed by atoms with Crippen LogP contribution in [-0.4, -0.2) is 59.7 Å². The Morgan fingerprint density at radius 2 is 1.77 bits per heavy atom. The lowest BCUT2D eigenvalue weighted by Gasteiger charge is -2.44. The van der Waals surface area contributed by atoms with Crippen LogP contribution in [0.4, 0.5) is 4.79 Å². The average Bonchev–Trinajstić information content (AvgIpc) is 2.74. The first-order valence-electron chi connectivity index (χ1n) is 7.41. The van der Waals surface area contributed by atoms with Crippen LogP contribution >= 0.6 is 0 Å². The van der Waals surface area contributed by atoms with E-state index in [1.54, 1.807) is 23.1 Å². The molecule has 120 valence electrons. The highest BCUT2D eigenvalue weighted by atomic mass is 16.5. The number of ether oxygens (including phenoxy) is 1. The second-order valence-electron chi connectivity index (χ2n) is 5.44. The van der Waals surface area contributed by atoms with Gasteiger partial charge in [-0.15, -0.1) is 13.2 Å². The smallest absolute Gasteiger partial charge is 0.326 e. The molecule has 2 aliphatic heterocycles. The molecular formula is C16H23N3O3. The number of hydrogen-bond acceptors (Lipinski definition) is 4. The number of nitrogens with zero attached hydrogens (tertiary/aromatic N) is 2. The number of amides is 3. The number of imide groups is 1. The Kier molecular flexibility index (Phi) is 5.15. The van der Waals surface area contributed by atoms with Crippen LogP contribution in [0.25, 0.3) is 0 Å². The molecule has 0 radical (unpaired) electrons. The Bertz CT molecular complexity index is 473. The summed E-state index contributed by atoms with van der Waals surface area (Å²) in [6.07, 6.45) is 5.39. The van der Waals surface area contributed by atoms with Crippen molar-refractivity contribution in [3.05, 3.63) is 38.0 Å². The van der Waals surface area contributed by atoms with Crippen molar-refractivity contribution in [2.75, 3.05) is 26.3 Å². The first-order chi connectivity index (χ1) is 10.6. The van der Waals surface area contributed by atoms with Gasteiger partial charge in [0.05, 0.1) is 13.2 Å². The van der Waals surface area contributed by atoms with E-state index in [0.717, 1.165) is 0 Å². The molecule has 1 N–H and O–H groups in total. The molecule has 2 heterocycles. The van der Waals surface area contributed by atoms with Crippen molar-refractivity contribution in [3.63, 3.8) is 0 Å². The minimum Gasteiger partial charge on any atom is -0.379 e. The maximum absolute atomic E-state index is 12.5. The second-order valence-corrected chi connectivity index (χ2v) is 5.44. The fraction of sp³-hybridized carbons (Fsp3) is 0.500. The predicted molar refractivity (Wildman–Crippen MR) is 84.1 cm³/mol. The molecule has 3 amide bonds. The molecule has 0 saturated carbocycles. The zero-order valence-electron chi connectivity index (χ0n) is 12.8. The van der Waals surface area contributed by atoms with Crippen LogP contribution in [0.15, 0.2) is 38.0 Å². The van der Waals surface area contributed by atoms with Crippen molar-refractivity contribution in [3.8, 4) is 0 Å². The summed E-state index contributed by atoms with van der Waals surface area (Å²) >= 11 is 0. The highest BCUT2D eigenvalue weighted by molar-refractivity contribution is 6.07. The molecular weight excluding hydrogens is 282 g/mol. The van der Waals surface area contributed by atoms with E-state index in [4.69, 9.17) is 4.74 Å².